The number of carbonyl (C=O) groups excluding carboxylic acids is 1. The van der Waals surface area contributed by atoms with E-state index in [2.05, 4.69) is 12.2 Å². The van der Waals surface area contributed by atoms with Gasteiger partial charge in [0.1, 0.15) is 0 Å². The van der Waals surface area contributed by atoms with Crippen LogP contribution in [0.4, 0.5) is 0 Å². The molecule has 3 aliphatic rings. The minimum Gasteiger partial charge on any atom is -0.374 e. The molecule has 2 saturated heterocycles. The largest absolute Gasteiger partial charge is 0.374 e. The van der Waals surface area contributed by atoms with E-state index in [9.17, 15) is 14.2 Å². The summed E-state index contributed by atoms with van der Waals surface area (Å²) in [6, 6.07) is 0. The number of carbonyl (C=O) groups is 1. The number of hydrogen-bond acceptors (Lipinski definition) is 4. The molecule has 1 N–H and O–H groups in total. The van der Waals surface area contributed by atoms with Gasteiger partial charge in [-0.2, -0.15) is 0 Å². The van der Waals surface area contributed by atoms with Crippen LogP contribution in [0.3, 0.4) is 0 Å². The van der Waals surface area contributed by atoms with E-state index in [0.29, 0.717) is 41.4 Å². The molecule has 0 aromatic rings. The molecule has 0 spiro atoms. The summed E-state index contributed by atoms with van der Waals surface area (Å²) in [6.45, 7) is 3.74. The quantitative estimate of drug-likeness (QED) is 0.304. The summed E-state index contributed by atoms with van der Waals surface area (Å²) in [6.07, 6.45) is 16.3. The van der Waals surface area contributed by atoms with E-state index in [4.69, 9.17) is 4.74 Å². The minimum absolute atomic E-state index is 0.252. The van der Waals surface area contributed by atoms with Crippen molar-refractivity contribution in [3.05, 3.63) is 12.2 Å². The van der Waals surface area contributed by atoms with Crippen LogP contribution in [0.25, 0.3) is 0 Å². The molecular formula is C24H41NO4S. The summed E-state index contributed by atoms with van der Waals surface area (Å²) in [5.74, 6) is 3.02. The average molecular weight is 440 g/mol. The van der Waals surface area contributed by atoms with E-state index >= 15 is 0 Å². The van der Waals surface area contributed by atoms with Gasteiger partial charge in [-0.15, -0.1) is 0 Å². The maximum Gasteiger partial charge on any atom is 0.251 e. The van der Waals surface area contributed by atoms with Crippen molar-refractivity contribution >= 4 is 16.7 Å². The van der Waals surface area contributed by atoms with Gasteiger partial charge < -0.3 is 4.74 Å². The Balaban J connectivity index is 1.46. The highest BCUT2D eigenvalue weighted by Gasteiger charge is 2.48. The molecule has 3 fully saturated rings. The van der Waals surface area contributed by atoms with E-state index in [1.54, 1.807) is 0 Å². The van der Waals surface area contributed by atoms with Gasteiger partial charge in [0.25, 0.3) is 5.91 Å². The monoisotopic (exact) mass is 439 g/mol. The molecule has 1 unspecified atom stereocenters. The van der Waals surface area contributed by atoms with Gasteiger partial charge in [-0.3, -0.25) is 14.2 Å². The minimum atomic E-state index is -0.730. The van der Waals surface area contributed by atoms with Gasteiger partial charge in [0, 0.05) is 40.7 Å². The number of hydrogen-bond donors (Lipinski definition) is 1. The zero-order valence-electron chi connectivity index (χ0n) is 19.1. The smallest absolute Gasteiger partial charge is 0.251 e. The van der Waals surface area contributed by atoms with Gasteiger partial charge in [-0.1, -0.05) is 45.3 Å². The predicted molar refractivity (Wildman–Crippen MR) is 121 cm³/mol. The lowest BCUT2D eigenvalue weighted by molar-refractivity contribution is -0.169. The van der Waals surface area contributed by atoms with Crippen LogP contribution in [0.15, 0.2) is 12.2 Å². The first-order valence-electron chi connectivity index (χ1n) is 11.9. The Morgan fingerprint density at radius 1 is 1.07 bits per heavy atom. The van der Waals surface area contributed by atoms with Crippen LogP contribution in [0.5, 0.6) is 0 Å². The van der Waals surface area contributed by atoms with Gasteiger partial charge >= 0.3 is 0 Å². The molecule has 1 amide bonds. The Labute approximate surface area is 185 Å². The van der Waals surface area contributed by atoms with Crippen molar-refractivity contribution in [1.82, 2.24) is 5.06 Å². The van der Waals surface area contributed by atoms with Crippen LogP contribution in [0.2, 0.25) is 0 Å². The number of nitrogens with zero attached hydrogens (tertiary/aromatic N) is 1. The number of allylic oxidation sites excluding steroid dienone is 2. The SMILES string of the molecule is CN(O)C(=O)C(C)(C)CCC=CC[C@@H]1[C@H](CS(=O)CC2CCCCC2)[C@@H]2CC[C@H]1O2. The molecule has 0 radical (unpaired) electrons. The Morgan fingerprint density at radius 2 is 1.73 bits per heavy atom. The highest BCUT2D eigenvalue weighted by atomic mass is 32.2. The van der Waals surface area contributed by atoms with E-state index in [-0.39, 0.29) is 5.91 Å². The fourth-order valence-electron chi connectivity index (χ4n) is 5.69. The molecule has 0 aromatic heterocycles. The molecule has 3 rings (SSSR count). The van der Waals surface area contributed by atoms with Crippen molar-refractivity contribution < 1.29 is 18.9 Å². The molecule has 2 bridgehead atoms. The summed E-state index contributed by atoms with van der Waals surface area (Å²) in [7, 11) is 0.652. The van der Waals surface area contributed by atoms with E-state index in [0.717, 1.165) is 37.2 Å². The summed E-state index contributed by atoms with van der Waals surface area (Å²) < 4.78 is 19.1. The van der Waals surface area contributed by atoms with Crippen LogP contribution in [0.1, 0.15) is 78.1 Å². The zero-order valence-corrected chi connectivity index (χ0v) is 19.9. The molecule has 1 saturated carbocycles. The molecule has 2 aliphatic heterocycles. The van der Waals surface area contributed by atoms with Crippen LogP contribution in [-0.2, 0) is 20.3 Å². The lowest BCUT2D eigenvalue weighted by atomic mass is 9.78. The molecule has 6 heteroatoms. The van der Waals surface area contributed by atoms with E-state index in [1.807, 2.05) is 13.8 Å². The lowest BCUT2D eigenvalue weighted by Gasteiger charge is -2.28. The third kappa shape index (κ3) is 6.17. The topological polar surface area (TPSA) is 66.8 Å². The predicted octanol–water partition coefficient (Wildman–Crippen LogP) is 4.71. The number of hydroxylamine groups is 2. The number of fused-ring (bicyclic) bond motifs is 2. The second-order valence-electron chi connectivity index (χ2n) is 10.4. The summed E-state index contributed by atoms with van der Waals surface area (Å²) in [4.78, 5) is 12.0. The maximum atomic E-state index is 12.9. The molecule has 172 valence electrons. The van der Waals surface area contributed by atoms with Crippen LogP contribution < -0.4 is 0 Å². The van der Waals surface area contributed by atoms with Gasteiger partial charge in [0.15, 0.2) is 0 Å². The number of amides is 1. The van der Waals surface area contributed by atoms with E-state index in [1.165, 1.54) is 39.2 Å². The molecule has 0 aromatic carbocycles. The first kappa shape index (κ1) is 23.9. The first-order valence-corrected chi connectivity index (χ1v) is 13.4. The van der Waals surface area contributed by atoms with Crippen LogP contribution in [0, 0.1) is 23.2 Å². The van der Waals surface area contributed by atoms with Crippen molar-refractivity contribution in [2.45, 2.75) is 90.3 Å². The summed E-state index contributed by atoms with van der Waals surface area (Å²) in [5.41, 5.74) is -0.568. The van der Waals surface area contributed by atoms with E-state index < -0.39 is 16.2 Å². The third-order valence-corrected chi connectivity index (χ3v) is 9.10. The molecule has 2 heterocycles. The number of rotatable bonds is 10. The fraction of sp³-hybridized carbons (Fsp3) is 0.875. The van der Waals surface area contributed by atoms with Crippen LogP contribution in [-0.4, -0.2) is 51.1 Å². The molecule has 30 heavy (non-hydrogen) atoms. The maximum absolute atomic E-state index is 12.9. The Kier molecular flexibility index (Phi) is 8.56. The van der Waals surface area contributed by atoms with Crippen molar-refractivity contribution in [1.29, 1.82) is 0 Å². The van der Waals surface area contributed by atoms with Crippen LogP contribution >= 0.6 is 0 Å². The Hall–Kier alpha value is -0.720. The highest BCUT2D eigenvalue weighted by molar-refractivity contribution is 7.85. The molecule has 5 nitrogen and oxygen atoms in total. The van der Waals surface area contributed by atoms with Gasteiger partial charge in [0.05, 0.1) is 12.2 Å². The van der Waals surface area contributed by atoms with Crippen molar-refractivity contribution in [2.75, 3.05) is 18.6 Å². The Morgan fingerprint density at radius 3 is 2.40 bits per heavy atom. The number of ether oxygens (including phenoxy) is 1. The van der Waals surface area contributed by atoms with Crippen molar-refractivity contribution in [3.63, 3.8) is 0 Å². The fourth-order valence-corrected chi connectivity index (χ4v) is 7.57. The second-order valence-corrected chi connectivity index (χ2v) is 11.9. The molecule has 1 aliphatic carbocycles. The van der Waals surface area contributed by atoms with Gasteiger partial charge in [0.2, 0.25) is 0 Å². The summed E-state index contributed by atoms with van der Waals surface area (Å²) in [5, 5.41) is 10.1. The van der Waals surface area contributed by atoms with Crippen molar-refractivity contribution in [3.8, 4) is 0 Å². The Bertz CT molecular complexity index is 627. The highest BCUT2D eigenvalue weighted by Crippen LogP contribution is 2.45. The molecule has 5 atom stereocenters. The first-order chi connectivity index (χ1) is 14.3. The third-order valence-electron chi connectivity index (χ3n) is 7.50. The molecular weight excluding hydrogens is 398 g/mol. The van der Waals surface area contributed by atoms with Gasteiger partial charge in [-0.05, 0) is 56.8 Å². The zero-order chi connectivity index (χ0) is 21.7. The standard InChI is InChI=1S/C24H41NO4S/c1-24(2,23(26)25(3)27)15-9-5-8-12-19-20(22-14-13-21(19)29-22)17-30(28)16-18-10-6-4-7-11-18/h5,8,18-22,27H,4,6-7,9-17H2,1-3H3/t19-,20+,21-,22+,30?/m1/s1. The van der Waals surface area contributed by atoms with Crippen molar-refractivity contribution in [2.24, 2.45) is 23.2 Å². The van der Waals surface area contributed by atoms with Gasteiger partial charge in [-0.25, -0.2) is 5.06 Å². The normalized spacial score (nSPS) is 30.8. The lowest BCUT2D eigenvalue weighted by Crippen LogP contribution is -2.36. The second kappa shape index (κ2) is 10.7. The summed E-state index contributed by atoms with van der Waals surface area (Å²) >= 11 is 0. The average Bonchev–Trinajstić information content (AvgIpc) is 3.30.